The van der Waals surface area contributed by atoms with Crippen molar-refractivity contribution in [3.63, 3.8) is 0 Å². The van der Waals surface area contributed by atoms with E-state index < -0.39 is 5.91 Å². The highest BCUT2D eigenvalue weighted by molar-refractivity contribution is 6.36. The number of carbonyl (C=O) groups is 1. The number of amides is 1. The van der Waals surface area contributed by atoms with Gasteiger partial charge in [0.15, 0.2) is 0 Å². The lowest BCUT2D eigenvalue weighted by atomic mass is 10.1. The first-order valence-electron chi connectivity index (χ1n) is 7.62. The third-order valence-electron chi connectivity index (χ3n) is 3.63. The first kappa shape index (κ1) is 18.1. The highest BCUT2D eigenvalue weighted by Gasteiger charge is 2.08. The Morgan fingerprint density at radius 3 is 2.54 bits per heavy atom. The van der Waals surface area contributed by atoms with Crippen LogP contribution in [-0.2, 0) is 6.54 Å². The largest absolute Gasteiger partial charge is 0.350 e. The topological polar surface area (TPSA) is 87.1 Å². The molecule has 2 aromatic carbocycles. The maximum absolute atomic E-state index is 11.3. The molecule has 0 spiro atoms. The van der Waals surface area contributed by atoms with Gasteiger partial charge in [0.25, 0.3) is 5.91 Å². The third-order valence-corrected chi connectivity index (χ3v) is 4.18. The van der Waals surface area contributed by atoms with Crippen LogP contribution < -0.4 is 10.8 Å². The smallest absolute Gasteiger partial charge is 0.274 e. The fraction of sp³-hybridized carbons (Fsp3) is 0.0556. The van der Waals surface area contributed by atoms with Crippen molar-refractivity contribution in [1.82, 2.24) is 15.4 Å². The number of anilines is 1. The Morgan fingerprint density at radius 2 is 1.85 bits per heavy atom. The van der Waals surface area contributed by atoms with Gasteiger partial charge in [-0.15, -0.1) is 0 Å². The summed E-state index contributed by atoms with van der Waals surface area (Å²) in [5, 5.41) is 12.8. The van der Waals surface area contributed by atoms with Gasteiger partial charge in [-0.25, -0.2) is 15.4 Å². The molecule has 6 nitrogen and oxygen atoms in total. The molecule has 0 unspecified atom stereocenters. The van der Waals surface area contributed by atoms with Crippen LogP contribution in [0.5, 0.6) is 0 Å². The molecule has 3 rings (SSSR count). The number of carbonyl (C=O) groups excluding carboxylic acids is 1. The van der Waals surface area contributed by atoms with Crippen molar-refractivity contribution >= 4 is 35.1 Å². The zero-order valence-electron chi connectivity index (χ0n) is 13.4. The minimum Gasteiger partial charge on any atom is -0.350 e. The summed E-state index contributed by atoms with van der Waals surface area (Å²) in [5.74, 6) is -0.105. The summed E-state index contributed by atoms with van der Waals surface area (Å²) in [7, 11) is 0. The molecule has 1 amide bonds. The van der Waals surface area contributed by atoms with E-state index in [1.54, 1.807) is 54.1 Å². The molecule has 8 heteroatoms. The Hall–Kier alpha value is -2.67. The van der Waals surface area contributed by atoms with Crippen molar-refractivity contribution in [2.24, 2.45) is 0 Å². The van der Waals surface area contributed by atoms with Crippen molar-refractivity contribution in [3.8, 4) is 11.3 Å². The number of aromatic nitrogens is 2. The van der Waals surface area contributed by atoms with Crippen LogP contribution in [0.4, 0.5) is 5.95 Å². The van der Waals surface area contributed by atoms with Crippen LogP contribution in [-0.4, -0.2) is 21.1 Å². The molecule has 0 bridgehead atoms. The van der Waals surface area contributed by atoms with E-state index in [4.69, 9.17) is 28.4 Å². The maximum Gasteiger partial charge on any atom is 0.274 e. The Balaban J connectivity index is 1.72. The Morgan fingerprint density at radius 1 is 1.08 bits per heavy atom. The van der Waals surface area contributed by atoms with Gasteiger partial charge in [0.05, 0.1) is 10.7 Å². The van der Waals surface area contributed by atoms with Crippen molar-refractivity contribution in [2.45, 2.75) is 6.54 Å². The van der Waals surface area contributed by atoms with Gasteiger partial charge < -0.3 is 5.32 Å². The SMILES string of the molecule is O=C(NO)c1ccc(CNc2nccc(-c3ccc(Cl)cc3Cl)n2)cc1. The van der Waals surface area contributed by atoms with Crippen LogP contribution >= 0.6 is 23.2 Å². The molecule has 0 aliphatic heterocycles. The lowest BCUT2D eigenvalue weighted by Gasteiger charge is -2.08. The number of nitrogens with zero attached hydrogens (tertiary/aromatic N) is 2. The van der Waals surface area contributed by atoms with Crippen molar-refractivity contribution in [2.75, 3.05) is 5.32 Å². The van der Waals surface area contributed by atoms with Gasteiger partial charge in [0.2, 0.25) is 5.95 Å². The van der Waals surface area contributed by atoms with Gasteiger partial charge in [-0.1, -0.05) is 35.3 Å². The van der Waals surface area contributed by atoms with Gasteiger partial charge in [0, 0.05) is 28.9 Å². The van der Waals surface area contributed by atoms with Gasteiger partial charge in [0.1, 0.15) is 0 Å². The molecular formula is C18H14Cl2N4O2. The number of hydroxylamine groups is 1. The Bertz CT molecular complexity index is 933. The molecule has 0 fully saturated rings. The van der Waals surface area contributed by atoms with E-state index in [2.05, 4.69) is 15.3 Å². The van der Waals surface area contributed by atoms with E-state index in [9.17, 15) is 4.79 Å². The Kier molecular flexibility index (Phi) is 5.68. The molecule has 132 valence electrons. The predicted octanol–water partition coefficient (Wildman–Crippen LogP) is 4.18. The molecule has 0 aliphatic carbocycles. The van der Waals surface area contributed by atoms with Crippen LogP contribution in [0.25, 0.3) is 11.3 Å². The second-order valence-electron chi connectivity index (χ2n) is 5.38. The zero-order valence-corrected chi connectivity index (χ0v) is 14.9. The van der Waals surface area contributed by atoms with Crippen molar-refractivity contribution in [1.29, 1.82) is 0 Å². The first-order valence-corrected chi connectivity index (χ1v) is 8.38. The highest BCUT2D eigenvalue weighted by atomic mass is 35.5. The van der Waals surface area contributed by atoms with Crippen LogP contribution in [0.15, 0.2) is 54.7 Å². The lowest BCUT2D eigenvalue weighted by molar-refractivity contribution is 0.0706. The summed E-state index contributed by atoms with van der Waals surface area (Å²) in [6.45, 7) is 0.471. The fourth-order valence-corrected chi connectivity index (χ4v) is 2.82. The number of nitrogens with one attached hydrogen (secondary N) is 2. The van der Waals surface area contributed by atoms with Crippen LogP contribution in [0, 0.1) is 0 Å². The van der Waals surface area contributed by atoms with E-state index >= 15 is 0 Å². The highest BCUT2D eigenvalue weighted by Crippen LogP contribution is 2.29. The summed E-state index contributed by atoms with van der Waals surface area (Å²) in [6.07, 6.45) is 1.64. The molecule has 3 aromatic rings. The number of benzene rings is 2. The van der Waals surface area contributed by atoms with E-state index in [1.165, 1.54) is 0 Å². The average Bonchev–Trinajstić information content (AvgIpc) is 2.66. The van der Waals surface area contributed by atoms with E-state index in [1.807, 2.05) is 6.07 Å². The summed E-state index contributed by atoms with van der Waals surface area (Å²) < 4.78 is 0. The number of halogens is 2. The summed E-state index contributed by atoms with van der Waals surface area (Å²) >= 11 is 12.2. The van der Waals surface area contributed by atoms with Crippen LogP contribution in [0.1, 0.15) is 15.9 Å². The zero-order chi connectivity index (χ0) is 18.5. The van der Waals surface area contributed by atoms with E-state index in [0.29, 0.717) is 33.8 Å². The van der Waals surface area contributed by atoms with Crippen LogP contribution in [0.2, 0.25) is 10.0 Å². The fourth-order valence-electron chi connectivity index (χ4n) is 2.31. The quantitative estimate of drug-likeness (QED) is 0.450. The number of rotatable bonds is 5. The van der Waals surface area contributed by atoms with Crippen molar-refractivity contribution < 1.29 is 10.0 Å². The second kappa shape index (κ2) is 8.14. The molecule has 0 atom stereocenters. The normalized spacial score (nSPS) is 10.4. The Labute approximate surface area is 159 Å². The minimum absolute atomic E-state index is 0.367. The van der Waals surface area contributed by atoms with Gasteiger partial charge in [-0.2, -0.15) is 0 Å². The van der Waals surface area contributed by atoms with Gasteiger partial charge in [-0.3, -0.25) is 10.0 Å². The van der Waals surface area contributed by atoms with E-state index in [-0.39, 0.29) is 0 Å². The monoisotopic (exact) mass is 388 g/mol. The molecule has 1 aromatic heterocycles. The van der Waals surface area contributed by atoms with Gasteiger partial charge in [-0.05, 0) is 42.0 Å². The summed E-state index contributed by atoms with van der Waals surface area (Å²) in [6, 6.07) is 13.8. The molecule has 1 heterocycles. The van der Waals surface area contributed by atoms with Gasteiger partial charge >= 0.3 is 0 Å². The molecule has 0 saturated carbocycles. The first-order chi connectivity index (χ1) is 12.6. The molecular weight excluding hydrogens is 375 g/mol. The molecule has 0 saturated heterocycles. The lowest BCUT2D eigenvalue weighted by Crippen LogP contribution is -2.18. The second-order valence-corrected chi connectivity index (χ2v) is 6.22. The predicted molar refractivity (Wildman–Crippen MR) is 101 cm³/mol. The summed E-state index contributed by atoms with van der Waals surface area (Å²) in [5.41, 5.74) is 4.34. The molecule has 0 aliphatic rings. The minimum atomic E-state index is -0.555. The molecule has 0 radical (unpaired) electrons. The molecule has 3 N–H and O–H groups in total. The number of hydrogen-bond donors (Lipinski definition) is 3. The standard InChI is InChI=1S/C18H14Cl2N4O2/c19-13-5-6-14(15(20)9-13)16-7-8-21-18(23-16)22-10-11-1-3-12(4-2-11)17(25)24-26/h1-9,26H,10H2,(H,24,25)(H,21,22,23). The average molecular weight is 389 g/mol. The third kappa shape index (κ3) is 4.29. The number of hydrogen-bond acceptors (Lipinski definition) is 5. The van der Waals surface area contributed by atoms with Crippen molar-refractivity contribution in [3.05, 3.63) is 75.9 Å². The summed E-state index contributed by atoms with van der Waals surface area (Å²) in [4.78, 5) is 20.0. The van der Waals surface area contributed by atoms with Crippen LogP contribution in [0.3, 0.4) is 0 Å². The molecule has 26 heavy (non-hydrogen) atoms. The maximum atomic E-state index is 11.3. The van der Waals surface area contributed by atoms with E-state index in [0.717, 1.165) is 11.1 Å².